The molecule has 10 nitrogen and oxygen atoms in total. The highest BCUT2D eigenvalue weighted by Gasteiger charge is 2.35. The van der Waals surface area contributed by atoms with Crippen LogP contribution < -0.4 is 0 Å². The van der Waals surface area contributed by atoms with Crippen molar-refractivity contribution in [2.75, 3.05) is 13.1 Å². The molecule has 2 aliphatic heterocycles. The second-order valence-corrected chi connectivity index (χ2v) is 11.2. The van der Waals surface area contributed by atoms with Gasteiger partial charge in [-0.25, -0.2) is 9.97 Å². The van der Waals surface area contributed by atoms with E-state index < -0.39 is 0 Å². The van der Waals surface area contributed by atoms with Gasteiger partial charge in [0.15, 0.2) is 11.5 Å². The molecule has 2 atom stereocenters. The van der Waals surface area contributed by atoms with Gasteiger partial charge in [0.2, 0.25) is 0 Å². The second kappa shape index (κ2) is 10.6. The summed E-state index contributed by atoms with van der Waals surface area (Å²) in [6, 6.07) is 18.4. The molecule has 2 fully saturated rings. The zero-order valence-corrected chi connectivity index (χ0v) is 23.7. The molecule has 0 radical (unpaired) electrons. The molecule has 0 bridgehead atoms. The lowest BCUT2D eigenvalue weighted by Gasteiger charge is -2.21. The van der Waals surface area contributed by atoms with Crippen LogP contribution in [0.3, 0.4) is 0 Å². The molecule has 0 aliphatic carbocycles. The average molecular weight is 585 g/mol. The van der Waals surface area contributed by atoms with E-state index in [1.807, 2.05) is 46.2 Å². The van der Waals surface area contributed by atoms with Gasteiger partial charge in [-0.15, -0.1) is 0 Å². The smallest absolute Gasteiger partial charge is 0.290 e. The molecule has 2 unspecified atom stereocenters. The monoisotopic (exact) mass is 584 g/mol. The normalized spacial score (nSPS) is 18.3. The van der Waals surface area contributed by atoms with E-state index >= 15 is 0 Å². The maximum absolute atomic E-state index is 13.0. The third-order valence-corrected chi connectivity index (χ3v) is 8.47. The molecular formula is C34H28N6O4. The number of imidazole rings is 2. The molecule has 2 aliphatic rings. The number of hydrogen-bond donors (Lipinski definition) is 2. The van der Waals surface area contributed by atoms with E-state index in [0.29, 0.717) is 24.6 Å². The highest BCUT2D eigenvalue weighted by molar-refractivity contribution is 5.92. The lowest BCUT2D eigenvalue weighted by molar-refractivity contribution is 0.0691. The Morgan fingerprint density at radius 1 is 0.705 bits per heavy atom. The van der Waals surface area contributed by atoms with Gasteiger partial charge >= 0.3 is 0 Å². The van der Waals surface area contributed by atoms with Crippen molar-refractivity contribution < 1.29 is 18.4 Å². The average Bonchev–Trinajstić information content (AvgIpc) is 3.89. The van der Waals surface area contributed by atoms with E-state index in [4.69, 9.17) is 18.8 Å². The van der Waals surface area contributed by atoms with Crippen LogP contribution in [0.25, 0.3) is 22.1 Å². The van der Waals surface area contributed by atoms with E-state index in [1.54, 1.807) is 24.3 Å². The van der Waals surface area contributed by atoms with Crippen molar-refractivity contribution in [1.29, 1.82) is 0 Å². The van der Waals surface area contributed by atoms with Crippen LogP contribution in [0.1, 0.15) is 81.7 Å². The molecule has 2 saturated heterocycles. The number of H-pyrrole nitrogens is 2. The fourth-order valence-corrected chi connectivity index (χ4v) is 6.35. The Morgan fingerprint density at radius 2 is 1.18 bits per heavy atom. The minimum atomic E-state index is -0.125. The number of fused-ring (bicyclic) bond motifs is 2. The van der Waals surface area contributed by atoms with Crippen LogP contribution in [0.2, 0.25) is 0 Å². The summed E-state index contributed by atoms with van der Waals surface area (Å²) < 4.78 is 10.7. The van der Waals surface area contributed by atoms with Gasteiger partial charge < -0.3 is 28.6 Å². The van der Waals surface area contributed by atoms with Gasteiger partial charge in [0, 0.05) is 24.2 Å². The Morgan fingerprint density at radius 3 is 1.61 bits per heavy atom. The molecule has 2 amide bonds. The number of likely N-dealkylation sites (tertiary alicyclic amines) is 2. The predicted octanol–water partition coefficient (Wildman–Crippen LogP) is 5.98. The van der Waals surface area contributed by atoms with Crippen molar-refractivity contribution in [3.63, 3.8) is 0 Å². The number of carbonyl (C=O) groups is 2. The third-order valence-electron chi connectivity index (χ3n) is 8.47. The minimum absolute atomic E-state index is 0.117. The highest BCUT2D eigenvalue weighted by atomic mass is 16.3. The first-order valence-corrected chi connectivity index (χ1v) is 14.8. The van der Waals surface area contributed by atoms with Crippen LogP contribution in [-0.2, 0) is 0 Å². The summed E-state index contributed by atoms with van der Waals surface area (Å²) in [5.74, 6) is 8.54. The topological polar surface area (TPSA) is 124 Å². The summed E-state index contributed by atoms with van der Waals surface area (Å²) in [7, 11) is 0. The van der Waals surface area contributed by atoms with Crippen LogP contribution >= 0.6 is 0 Å². The molecule has 0 saturated carbocycles. The van der Waals surface area contributed by atoms with Gasteiger partial charge in [-0.1, -0.05) is 11.8 Å². The molecule has 0 spiro atoms. The summed E-state index contributed by atoms with van der Waals surface area (Å²) >= 11 is 0. The molecule has 8 rings (SSSR count). The standard InChI is InChI=1S/C34H28N6O4/c41-33(29-7-3-17-43-29)39-15-1-5-27(39)31-35-23-13-11-21(19-25(23)37-31)9-10-22-12-14-24-26(20-22)38-32(36-24)28-6-2-16-40(28)34(42)30-8-4-18-44-30/h3-4,7-8,11-14,17-20,27-28H,1-2,5-6,15-16H2,(H,35,37)(H,36,38). The molecule has 44 heavy (non-hydrogen) atoms. The lowest BCUT2D eigenvalue weighted by atomic mass is 10.1. The lowest BCUT2D eigenvalue weighted by Crippen LogP contribution is -2.30. The number of aromatic nitrogens is 4. The molecule has 2 N–H and O–H groups in total. The largest absolute Gasteiger partial charge is 0.459 e. The summed E-state index contributed by atoms with van der Waals surface area (Å²) in [5, 5.41) is 0. The number of hydrogen-bond acceptors (Lipinski definition) is 6. The molecule has 218 valence electrons. The van der Waals surface area contributed by atoms with E-state index in [1.165, 1.54) is 12.5 Å². The Labute approximate surface area is 252 Å². The van der Waals surface area contributed by atoms with Crippen LogP contribution in [0.5, 0.6) is 0 Å². The molecule has 4 aromatic heterocycles. The minimum Gasteiger partial charge on any atom is -0.459 e. The van der Waals surface area contributed by atoms with E-state index in [9.17, 15) is 9.59 Å². The van der Waals surface area contributed by atoms with Crippen LogP contribution in [0.15, 0.2) is 82.0 Å². The van der Waals surface area contributed by atoms with Gasteiger partial charge in [0.1, 0.15) is 11.6 Å². The number of furan rings is 2. The quantitative estimate of drug-likeness (QED) is 0.246. The summed E-state index contributed by atoms with van der Waals surface area (Å²) in [6.45, 7) is 1.34. The zero-order chi connectivity index (χ0) is 29.6. The number of aromatic amines is 2. The fourth-order valence-electron chi connectivity index (χ4n) is 6.35. The Bertz CT molecular complexity index is 1910. The number of carbonyl (C=O) groups excluding carboxylic acids is 2. The molecule has 10 heteroatoms. The maximum atomic E-state index is 13.0. The maximum Gasteiger partial charge on any atom is 0.290 e. The van der Waals surface area contributed by atoms with Crippen molar-refractivity contribution >= 4 is 33.9 Å². The zero-order valence-electron chi connectivity index (χ0n) is 23.7. The molecule has 2 aromatic carbocycles. The first-order chi connectivity index (χ1) is 21.6. The molecule has 6 heterocycles. The highest BCUT2D eigenvalue weighted by Crippen LogP contribution is 2.34. The summed E-state index contributed by atoms with van der Waals surface area (Å²) in [4.78, 5) is 46.0. The van der Waals surface area contributed by atoms with Crippen molar-refractivity contribution in [2.45, 2.75) is 37.8 Å². The number of nitrogens with zero attached hydrogens (tertiary/aromatic N) is 4. The third kappa shape index (κ3) is 4.63. The van der Waals surface area contributed by atoms with Gasteiger partial charge in [-0.2, -0.15) is 0 Å². The Kier molecular flexibility index (Phi) is 6.30. The molecule has 6 aromatic rings. The first-order valence-electron chi connectivity index (χ1n) is 14.8. The van der Waals surface area contributed by atoms with Crippen LogP contribution in [0.4, 0.5) is 0 Å². The molecular weight excluding hydrogens is 556 g/mol. The Balaban J connectivity index is 1.01. The summed E-state index contributed by atoms with van der Waals surface area (Å²) in [5.41, 5.74) is 5.13. The van der Waals surface area contributed by atoms with Gasteiger partial charge in [0.05, 0.1) is 46.7 Å². The van der Waals surface area contributed by atoms with Crippen molar-refractivity contribution in [2.24, 2.45) is 0 Å². The number of benzene rings is 2. The van der Waals surface area contributed by atoms with Gasteiger partial charge in [0.25, 0.3) is 11.8 Å². The predicted molar refractivity (Wildman–Crippen MR) is 162 cm³/mol. The van der Waals surface area contributed by atoms with Gasteiger partial charge in [-0.3, -0.25) is 9.59 Å². The number of rotatable bonds is 4. The fraction of sp³-hybridized carbons (Fsp3) is 0.235. The van der Waals surface area contributed by atoms with E-state index in [2.05, 4.69) is 21.8 Å². The van der Waals surface area contributed by atoms with Crippen LogP contribution in [0, 0.1) is 11.8 Å². The first kappa shape index (κ1) is 26.1. The van der Waals surface area contributed by atoms with Crippen LogP contribution in [-0.4, -0.2) is 54.6 Å². The van der Waals surface area contributed by atoms with E-state index in [-0.39, 0.29) is 23.9 Å². The summed E-state index contributed by atoms with van der Waals surface area (Å²) in [6.07, 6.45) is 6.54. The van der Waals surface area contributed by atoms with Crippen molar-refractivity contribution in [3.05, 3.63) is 107 Å². The van der Waals surface area contributed by atoms with Crippen molar-refractivity contribution in [3.8, 4) is 11.8 Å². The Hall–Kier alpha value is -5.56. The second-order valence-electron chi connectivity index (χ2n) is 11.2. The van der Waals surface area contributed by atoms with Crippen molar-refractivity contribution in [1.82, 2.24) is 29.7 Å². The SMILES string of the molecule is O=C(c1ccco1)N1CCCC1c1nc2ccc(C#Cc3ccc4nc(C5CCCN5C(=O)c5ccco5)[nH]c4c3)cc2[nH]1. The number of nitrogens with one attached hydrogen (secondary N) is 2. The van der Waals surface area contributed by atoms with E-state index in [0.717, 1.165) is 70.5 Å². The number of amides is 2. The van der Waals surface area contributed by atoms with Gasteiger partial charge in [-0.05, 0) is 86.3 Å².